The number of benzene rings is 2. The van der Waals surface area contributed by atoms with Gasteiger partial charge in [-0.05, 0) is 43.3 Å². The third-order valence-corrected chi connectivity index (χ3v) is 2.95. The van der Waals surface area contributed by atoms with Crippen molar-refractivity contribution in [2.45, 2.75) is 6.92 Å². The molecule has 0 atom stereocenters. The van der Waals surface area contributed by atoms with Gasteiger partial charge in [0.05, 0.1) is 19.3 Å². The number of methoxy groups -OCH3 is 1. The molecule has 114 valence electrons. The number of esters is 1. The molecule has 0 fully saturated rings. The lowest BCUT2D eigenvalue weighted by molar-refractivity contribution is 0.0600. The highest BCUT2D eigenvalue weighted by Gasteiger charge is 2.10. The highest BCUT2D eigenvalue weighted by atomic mass is 16.5. The number of hydrogen-bond acceptors (Lipinski definition) is 4. The number of ether oxygens (including phenoxy) is 2. The van der Waals surface area contributed by atoms with Gasteiger partial charge in [-0.25, -0.2) is 4.79 Å². The number of hydrogen-bond donors (Lipinski definition) is 1. The summed E-state index contributed by atoms with van der Waals surface area (Å²) in [4.78, 5) is 23.7. The number of carbonyl (C=O) groups is 2. The monoisotopic (exact) mass is 299 g/mol. The van der Waals surface area contributed by atoms with Crippen molar-refractivity contribution < 1.29 is 19.1 Å². The second-order valence-electron chi connectivity index (χ2n) is 4.49. The maximum atomic E-state index is 12.2. The van der Waals surface area contributed by atoms with E-state index in [1.165, 1.54) is 7.11 Å². The standard InChI is InChI=1S/C17H17NO4/c1-3-22-15-9-5-6-12(11-15)16(19)18-14-8-4-7-13(10-14)17(20)21-2/h4-11H,3H2,1-2H3,(H,18,19). The van der Waals surface area contributed by atoms with E-state index in [0.717, 1.165) is 0 Å². The van der Waals surface area contributed by atoms with E-state index >= 15 is 0 Å². The van der Waals surface area contributed by atoms with Gasteiger partial charge in [-0.1, -0.05) is 12.1 Å². The maximum Gasteiger partial charge on any atom is 0.337 e. The Hall–Kier alpha value is -2.82. The summed E-state index contributed by atoms with van der Waals surface area (Å²) in [6.45, 7) is 2.41. The first-order valence-corrected chi connectivity index (χ1v) is 6.86. The van der Waals surface area contributed by atoms with Crippen molar-refractivity contribution in [1.82, 2.24) is 0 Å². The lowest BCUT2D eigenvalue weighted by Gasteiger charge is -2.08. The van der Waals surface area contributed by atoms with E-state index in [1.54, 1.807) is 48.5 Å². The van der Waals surface area contributed by atoms with E-state index in [-0.39, 0.29) is 5.91 Å². The molecule has 2 aromatic carbocycles. The van der Waals surface area contributed by atoms with E-state index in [9.17, 15) is 9.59 Å². The second kappa shape index (κ2) is 7.26. The van der Waals surface area contributed by atoms with Crippen molar-refractivity contribution in [2.24, 2.45) is 0 Å². The first-order chi connectivity index (χ1) is 10.6. The van der Waals surface area contributed by atoms with Gasteiger partial charge in [0.25, 0.3) is 5.91 Å². The van der Waals surface area contributed by atoms with Gasteiger partial charge in [0.1, 0.15) is 5.75 Å². The van der Waals surface area contributed by atoms with Crippen LogP contribution in [0.1, 0.15) is 27.6 Å². The number of amides is 1. The summed E-state index contributed by atoms with van der Waals surface area (Å²) in [5.41, 5.74) is 1.38. The second-order valence-corrected chi connectivity index (χ2v) is 4.49. The Morgan fingerprint density at radius 1 is 1.05 bits per heavy atom. The van der Waals surface area contributed by atoms with Crippen LogP contribution in [0, 0.1) is 0 Å². The van der Waals surface area contributed by atoms with Crippen LogP contribution < -0.4 is 10.1 Å². The van der Waals surface area contributed by atoms with E-state index in [4.69, 9.17) is 4.74 Å². The molecule has 0 radical (unpaired) electrons. The minimum atomic E-state index is -0.450. The molecule has 2 rings (SSSR count). The summed E-state index contributed by atoms with van der Waals surface area (Å²) < 4.78 is 10.0. The SMILES string of the molecule is CCOc1cccc(C(=O)Nc2cccc(C(=O)OC)c2)c1. The molecular formula is C17H17NO4. The van der Waals surface area contributed by atoms with Crippen LogP contribution in [0.15, 0.2) is 48.5 Å². The van der Waals surface area contributed by atoms with Gasteiger partial charge in [0, 0.05) is 11.3 Å². The fraction of sp³-hybridized carbons (Fsp3) is 0.176. The molecule has 1 N–H and O–H groups in total. The zero-order valence-electron chi connectivity index (χ0n) is 12.5. The summed E-state index contributed by atoms with van der Waals surface area (Å²) in [6.07, 6.45) is 0. The Kier molecular flexibility index (Phi) is 5.14. The van der Waals surface area contributed by atoms with E-state index in [2.05, 4.69) is 10.1 Å². The van der Waals surface area contributed by atoms with Gasteiger partial charge >= 0.3 is 5.97 Å². The Bertz CT molecular complexity index is 682. The molecule has 5 heteroatoms. The summed E-state index contributed by atoms with van der Waals surface area (Å²) in [7, 11) is 1.31. The molecule has 0 aliphatic heterocycles. The van der Waals surface area contributed by atoms with E-state index < -0.39 is 5.97 Å². The number of anilines is 1. The molecule has 0 bridgehead atoms. The minimum absolute atomic E-state index is 0.274. The normalized spacial score (nSPS) is 9.91. The van der Waals surface area contributed by atoms with Crippen LogP contribution in [0.2, 0.25) is 0 Å². The summed E-state index contributed by atoms with van der Waals surface area (Å²) in [5, 5.41) is 2.74. The van der Waals surface area contributed by atoms with Crippen LogP contribution in [-0.4, -0.2) is 25.6 Å². The average Bonchev–Trinajstić information content (AvgIpc) is 2.55. The largest absolute Gasteiger partial charge is 0.494 e. The Labute approximate surface area is 128 Å². The fourth-order valence-electron chi connectivity index (χ4n) is 1.94. The molecule has 2 aromatic rings. The molecular weight excluding hydrogens is 282 g/mol. The maximum absolute atomic E-state index is 12.2. The lowest BCUT2D eigenvalue weighted by atomic mass is 10.1. The van der Waals surface area contributed by atoms with Gasteiger partial charge < -0.3 is 14.8 Å². The number of nitrogens with one attached hydrogen (secondary N) is 1. The van der Waals surface area contributed by atoms with Crippen molar-refractivity contribution in [2.75, 3.05) is 19.0 Å². The Morgan fingerprint density at radius 2 is 1.77 bits per heavy atom. The molecule has 5 nitrogen and oxygen atoms in total. The van der Waals surface area contributed by atoms with Crippen LogP contribution >= 0.6 is 0 Å². The molecule has 0 saturated heterocycles. The van der Waals surface area contributed by atoms with Crippen LogP contribution in [-0.2, 0) is 4.74 Å². The van der Waals surface area contributed by atoms with Crippen molar-refractivity contribution in [3.05, 3.63) is 59.7 Å². The van der Waals surface area contributed by atoms with Crippen molar-refractivity contribution >= 4 is 17.6 Å². The highest BCUT2D eigenvalue weighted by Crippen LogP contribution is 2.16. The molecule has 1 amide bonds. The predicted molar refractivity (Wildman–Crippen MR) is 83.3 cm³/mol. The Morgan fingerprint density at radius 3 is 2.50 bits per heavy atom. The summed E-state index contributed by atoms with van der Waals surface area (Å²) >= 11 is 0. The van der Waals surface area contributed by atoms with E-state index in [0.29, 0.717) is 29.2 Å². The zero-order valence-corrected chi connectivity index (χ0v) is 12.5. The molecule has 0 heterocycles. The quantitative estimate of drug-likeness (QED) is 0.862. The smallest absolute Gasteiger partial charge is 0.337 e. The van der Waals surface area contributed by atoms with Crippen LogP contribution in [0.25, 0.3) is 0 Å². The zero-order chi connectivity index (χ0) is 15.9. The molecule has 0 aliphatic rings. The lowest BCUT2D eigenvalue weighted by Crippen LogP contribution is -2.12. The first-order valence-electron chi connectivity index (χ1n) is 6.86. The van der Waals surface area contributed by atoms with Gasteiger partial charge in [-0.2, -0.15) is 0 Å². The van der Waals surface area contributed by atoms with Crippen molar-refractivity contribution in [3.8, 4) is 5.75 Å². The summed E-state index contributed by atoms with van der Waals surface area (Å²) in [5.74, 6) is -0.0866. The van der Waals surface area contributed by atoms with Crippen LogP contribution in [0.3, 0.4) is 0 Å². The van der Waals surface area contributed by atoms with Crippen molar-refractivity contribution in [3.63, 3.8) is 0 Å². The molecule has 22 heavy (non-hydrogen) atoms. The molecule has 0 aliphatic carbocycles. The number of rotatable bonds is 5. The molecule has 0 saturated carbocycles. The first kappa shape index (κ1) is 15.6. The molecule has 0 spiro atoms. The van der Waals surface area contributed by atoms with Gasteiger partial charge in [0.2, 0.25) is 0 Å². The van der Waals surface area contributed by atoms with Gasteiger partial charge in [-0.3, -0.25) is 4.79 Å². The average molecular weight is 299 g/mol. The Balaban J connectivity index is 2.15. The fourth-order valence-corrected chi connectivity index (χ4v) is 1.94. The van der Waals surface area contributed by atoms with Gasteiger partial charge in [0.15, 0.2) is 0 Å². The van der Waals surface area contributed by atoms with Crippen LogP contribution in [0.4, 0.5) is 5.69 Å². The minimum Gasteiger partial charge on any atom is -0.494 e. The summed E-state index contributed by atoms with van der Waals surface area (Å²) in [6, 6.07) is 13.5. The van der Waals surface area contributed by atoms with E-state index in [1.807, 2.05) is 6.92 Å². The van der Waals surface area contributed by atoms with Gasteiger partial charge in [-0.15, -0.1) is 0 Å². The highest BCUT2D eigenvalue weighted by molar-refractivity contribution is 6.05. The van der Waals surface area contributed by atoms with Crippen molar-refractivity contribution in [1.29, 1.82) is 0 Å². The number of carbonyl (C=O) groups excluding carboxylic acids is 2. The molecule has 0 aromatic heterocycles. The third-order valence-electron chi connectivity index (χ3n) is 2.95. The molecule has 0 unspecified atom stereocenters. The third kappa shape index (κ3) is 3.85. The topological polar surface area (TPSA) is 64.6 Å². The predicted octanol–water partition coefficient (Wildman–Crippen LogP) is 3.12. The van der Waals surface area contributed by atoms with Crippen LogP contribution in [0.5, 0.6) is 5.75 Å².